The summed E-state index contributed by atoms with van der Waals surface area (Å²) < 4.78 is 49.3. The highest BCUT2D eigenvalue weighted by Gasteiger charge is 2.51. The van der Waals surface area contributed by atoms with Gasteiger partial charge in [0, 0.05) is 34.8 Å². The van der Waals surface area contributed by atoms with Gasteiger partial charge < -0.3 is 18.9 Å². The van der Waals surface area contributed by atoms with Crippen LogP contribution in [0.4, 0.5) is 0 Å². The highest BCUT2D eigenvalue weighted by molar-refractivity contribution is 7.89. The topological polar surface area (TPSA) is 74.3 Å². The molecular weight excluding hydrogens is 334 g/mol. The molecule has 4 unspecified atom stereocenters. The highest BCUT2D eigenvalue weighted by Crippen LogP contribution is 2.36. The first-order valence-electron chi connectivity index (χ1n) is 7.61. The molecule has 1 aromatic carbocycles. The van der Waals surface area contributed by atoms with Crippen molar-refractivity contribution in [2.24, 2.45) is 0 Å². The van der Waals surface area contributed by atoms with Crippen LogP contribution in [0, 0.1) is 0 Å². The first-order chi connectivity index (χ1) is 11.3. The van der Waals surface area contributed by atoms with Crippen LogP contribution in [0.2, 0.25) is 0 Å². The molecule has 0 aliphatic carbocycles. The summed E-state index contributed by atoms with van der Waals surface area (Å²) in [6, 6.07) is 7.77. The Hall–Kier alpha value is -1.03. The molecule has 0 aromatic heterocycles. The maximum absolute atomic E-state index is 12.9. The fourth-order valence-corrected chi connectivity index (χ4v) is 4.39. The van der Waals surface area contributed by atoms with Crippen molar-refractivity contribution in [2.75, 3.05) is 28.4 Å². The van der Waals surface area contributed by atoms with Gasteiger partial charge in [0.05, 0.1) is 10.9 Å². The van der Waals surface area contributed by atoms with Crippen LogP contribution in [0.25, 0.3) is 0 Å². The van der Waals surface area contributed by atoms with E-state index in [9.17, 15) is 8.42 Å². The number of methoxy groups -OCH3 is 3. The molecule has 1 saturated heterocycles. The van der Waals surface area contributed by atoms with Crippen molar-refractivity contribution in [1.29, 1.82) is 0 Å². The molecule has 7 nitrogen and oxygen atoms in total. The third-order valence-corrected chi connectivity index (χ3v) is 6.37. The van der Waals surface area contributed by atoms with Gasteiger partial charge in [0.25, 0.3) is 0 Å². The van der Waals surface area contributed by atoms with Gasteiger partial charge in [0.15, 0.2) is 12.1 Å². The molecule has 1 aromatic rings. The number of benzene rings is 1. The molecule has 0 saturated carbocycles. The zero-order chi connectivity index (χ0) is 18.0. The summed E-state index contributed by atoms with van der Waals surface area (Å²) >= 11 is 0. The number of likely N-dealkylation sites (N-methyl/N-ethyl adjacent to an activating group) is 1. The van der Waals surface area contributed by atoms with Crippen LogP contribution in [0.15, 0.2) is 35.2 Å². The van der Waals surface area contributed by atoms with Crippen LogP contribution in [-0.2, 0) is 29.0 Å². The normalized spacial score (nSPS) is 31.3. The predicted octanol–water partition coefficient (Wildman–Crippen LogP) is 1.45. The van der Waals surface area contributed by atoms with E-state index in [2.05, 4.69) is 0 Å². The summed E-state index contributed by atoms with van der Waals surface area (Å²) in [5, 5.41) is 0. The monoisotopic (exact) mass is 359 g/mol. The van der Waals surface area contributed by atoms with Gasteiger partial charge in [-0.2, -0.15) is 4.31 Å². The number of hydrogen-bond donors (Lipinski definition) is 0. The van der Waals surface area contributed by atoms with E-state index in [1.54, 1.807) is 37.3 Å². The molecule has 1 aliphatic heterocycles. The van der Waals surface area contributed by atoms with Crippen molar-refractivity contribution in [3.8, 4) is 0 Å². The van der Waals surface area contributed by atoms with Crippen LogP contribution >= 0.6 is 0 Å². The van der Waals surface area contributed by atoms with Crippen molar-refractivity contribution in [3.63, 3.8) is 0 Å². The minimum atomic E-state index is -3.69. The van der Waals surface area contributed by atoms with Gasteiger partial charge in [-0.15, -0.1) is 0 Å². The van der Waals surface area contributed by atoms with Gasteiger partial charge in [-0.3, -0.25) is 0 Å². The lowest BCUT2D eigenvalue weighted by Crippen LogP contribution is -2.63. The van der Waals surface area contributed by atoms with Crippen LogP contribution in [0.5, 0.6) is 0 Å². The van der Waals surface area contributed by atoms with Crippen LogP contribution in [0.3, 0.4) is 0 Å². The minimum absolute atomic E-state index is 0.224. The maximum atomic E-state index is 12.9. The third kappa shape index (κ3) is 3.49. The maximum Gasteiger partial charge on any atom is 0.243 e. The zero-order valence-corrected chi connectivity index (χ0v) is 15.4. The van der Waals surface area contributed by atoms with Gasteiger partial charge in [0.1, 0.15) is 6.10 Å². The molecule has 1 heterocycles. The Morgan fingerprint density at radius 2 is 1.79 bits per heavy atom. The first-order valence-corrected chi connectivity index (χ1v) is 9.05. The molecule has 8 heteroatoms. The summed E-state index contributed by atoms with van der Waals surface area (Å²) in [6.45, 7) is 1.71. The zero-order valence-electron chi connectivity index (χ0n) is 14.6. The Bertz CT molecular complexity index is 637. The summed E-state index contributed by atoms with van der Waals surface area (Å²) in [6.07, 6.45) is -0.881. The molecule has 0 amide bonds. The Morgan fingerprint density at radius 3 is 2.29 bits per heavy atom. The van der Waals surface area contributed by atoms with Crippen molar-refractivity contribution in [1.82, 2.24) is 4.31 Å². The van der Waals surface area contributed by atoms with Crippen LogP contribution < -0.4 is 0 Å². The Labute approximate surface area is 143 Å². The van der Waals surface area contributed by atoms with Crippen LogP contribution in [0.1, 0.15) is 13.3 Å². The largest absolute Gasteiger partial charge is 0.374 e. The molecule has 1 aliphatic rings. The number of hydrogen-bond acceptors (Lipinski definition) is 6. The quantitative estimate of drug-likeness (QED) is 0.765. The lowest BCUT2D eigenvalue weighted by Gasteiger charge is -2.48. The second-order valence-electron chi connectivity index (χ2n) is 5.80. The second kappa shape index (κ2) is 7.47. The molecule has 24 heavy (non-hydrogen) atoms. The lowest BCUT2D eigenvalue weighted by atomic mass is 9.96. The molecule has 0 radical (unpaired) electrons. The van der Waals surface area contributed by atoms with Crippen molar-refractivity contribution in [2.45, 2.75) is 42.5 Å². The van der Waals surface area contributed by atoms with E-state index in [0.717, 1.165) is 0 Å². The average molecular weight is 359 g/mol. The number of ether oxygens (including phenoxy) is 4. The fraction of sp³-hybridized carbons (Fsp3) is 0.625. The molecule has 1 fully saturated rings. The summed E-state index contributed by atoms with van der Waals surface area (Å²) in [5.74, 6) is -1.13. The molecule has 136 valence electrons. The first kappa shape index (κ1) is 19.3. The van der Waals surface area contributed by atoms with E-state index in [1.807, 2.05) is 0 Å². The van der Waals surface area contributed by atoms with E-state index < -0.39 is 34.2 Å². The smallest absolute Gasteiger partial charge is 0.243 e. The van der Waals surface area contributed by atoms with Gasteiger partial charge in [-0.1, -0.05) is 18.2 Å². The molecule has 2 rings (SSSR count). The summed E-state index contributed by atoms with van der Waals surface area (Å²) in [4.78, 5) is 0.224. The summed E-state index contributed by atoms with van der Waals surface area (Å²) in [7, 11) is 2.36. The van der Waals surface area contributed by atoms with Gasteiger partial charge >= 0.3 is 0 Å². The second-order valence-corrected chi connectivity index (χ2v) is 7.79. The van der Waals surface area contributed by atoms with E-state index in [1.165, 1.54) is 32.7 Å². The number of sulfonamides is 1. The Balaban J connectivity index is 2.39. The SMILES string of the molecule is COC1CC(N(C)S(=O)(=O)c2ccccc2)C(OC)C(C)(OC)O1. The van der Waals surface area contributed by atoms with Gasteiger partial charge in [0.2, 0.25) is 10.0 Å². The fourth-order valence-electron chi connectivity index (χ4n) is 3.00. The van der Waals surface area contributed by atoms with Crippen LogP contribution in [-0.4, -0.2) is 65.3 Å². The number of rotatable bonds is 6. The highest BCUT2D eigenvalue weighted by atomic mass is 32.2. The molecule has 0 bridgehead atoms. The summed E-state index contributed by atoms with van der Waals surface area (Å²) in [5.41, 5.74) is 0. The third-order valence-electron chi connectivity index (χ3n) is 4.48. The molecule has 0 spiro atoms. The predicted molar refractivity (Wildman–Crippen MR) is 87.9 cm³/mol. The minimum Gasteiger partial charge on any atom is -0.374 e. The number of nitrogens with zero attached hydrogens (tertiary/aromatic N) is 1. The van der Waals surface area contributed by atoms with Crippen molar-refractivity contribution < 1.29 is 27.4 Å². The standard InChI is InChI=1S/C16H25NO6S/c1-16(22-5)15(21-4)13(11-14(20-3)23-16)17(2)24(18,19)12-9-7-6-8-10-12/h6-10,13-15H,11H2,1-5H3. The molecule has 0 N–H and O–H groups in total. The van der Waals surface area contributed by atoms with Crippen molar-refractivity contribution >= 4 is 10.0 Å². The van der Waals surface area contributed by atoms with E-state index >= 15 is 0 Å². The molecular formula is C16H25NO6S. The van der Waals surface area contributed by atoms with E-state index in [0.29, 0.717) is 6.42 Å². The van der Waals surface area contributed by atoms with Gasteiger partial charge in [-0.05, 0) is 19.1 Å². The Kier molecular flexibility index (Phi) is 6.00. The lowest BCUT2D eigenvalue weighted by molar-refractivity contribution is -0.355. The average Bonchev–Trinajstić information content (AvgIpc) is 2.60. The van der Waals surface area contributed by atoms with E-state index in [4.69, 9.17) is 18.9 Å². The van der Waals surface area contributed by atoms with Gasteiger partial charge in [-0.25, -0.2) is 8.42 Å². The van der Waals surface area contributed by atoms with Crippen molar-refractivity contribution in [3.05, 3.63) is 30.3 Å². The molecule has 4 atom stereocenters. The Morgan fingerprint density at radius 1 is 1.17 bits per heavy atom. The van der Waals surface area contributed by atoms with E-state index in [-0.39, 0.29) is 4.90 Å².